The van der Waals surface area contributed by atoms with Crippen molar-refractivity contribution in [2.24, 2.45) is 5.92 Å². The summed E-state index contributed by atoms with van der Waals surface area (Å²) in [6, 6.07) is 4.99. The molecule has 0 bridgehead atoms. The SMILES string of the molecule is CNC(=O)NC(=N)N(CC1CC1)c1ccc(OC)cc1OC.Cl. The highest BCUT2D eigenvalue weighted by atomic mass is 35.5. The van der Waals surface area contributed by atoms with E-state index in [1.165, 1.54) is 7.05 Å². The zero-order valence-electron chi connectivity index (χ0n) is 13.5. The maximum absolute atomic E-state index is 11.5. The second-order valence-corrected chi connectivity index (χ2v) is 5.14. The molecule has 1 saturated carbocycles. The van der Waals surface area contributed by atoms with Crippen LogP contribution in [-0.4, -0.2) is 39.8 Å². The highest BCUT2D eigenvalue weighted by molar-refractivity contribution is 6.04. The van der Waals surface area contributed by atoms with E-state index in [1.54, 1.807) is 25.2 Å². The minimum Gasteiger partial charge on any atom is -0.497 e. The van der Waals surface area contributed by atoms with E-state index in [0.29, 0.717) is 24.0 Å². The fraction of sp³-hybridized carbons (Fsp3) is 0.467. The molecule has 3 N–H and O–H groups in total. The van der Waals surface area contributed by atoms with E-state index in [2.05, 4.69) is 10.6 Å². The van der Waals surface area contributed by atoms with E-state index in [-0.39, 0.29) is 18.4 Å². The summed E-state index contributed by atoms with van der Waals surface area (Å²) in [4.78, 5) is 13.2. The fourth-order valence-corrected chi connectivity index (χ4v) is 2.11. The fourth-order valence-electron chi connectivity index (χ4n) is 2.11. The molecular formula is C15H23ClN4O3. The summed E-state index contributed by atoms with van der Waals surface area (Å²) >= 11 is 0. The summed E-state index contributed by atoms with van der Waals surface area (Å²) in [6.45, 7) is 0.672. The van der Waals surface area contributed by atoms with Crippen LogP contribution in [0, 0.1) is 11.3 Å². The molecule has 0 spiro atoms. The Labute approximate surface area is 142 Å². The van der Waals surface area contributed by atoms with Gasteiger partial charge in [0.2, 0.25) is 5.96 Å². The number of carbonyl (C=O) groups is 1. The topological polar surface area (TPSA) is 86.7 Å². The van der Waals surface area contributed by atoms with Crippen LogP contribution >= 0.6 is 12.4 Å². The van der Waals surface area contributed by atoms with Crippen molar-refractivity contribution in [2.75, 3.05) is 32.7 Å². The predicted molar refractivity (Wildman–Crippen MR) is 92.2 cm³/mol. The molecule has 2 rings (SSSR count). The molecule has 1 fully saturated rings. The van der Waals surface area contributed by atoms with Gasteiger partial charge in [-0.15, -0.1) is 12.4 Å². The average Bonchev–Trinajstić information content (AvgIpc) is 3.35. The number of rotatable bonds is 5. The molecule has 1 aliphatic rings. The Hall–Kier alpha value is -2.15. The van der Waals surface area contributed by atoms with E-state index in [1.807, 2.05) is 12.1 Å². The van der Waals surface area contributed by atoms with Gasteiger partial charge in [-0.3, -0.25) is 10.7 Å². The first-order chi connectivity index (χ1) is 10.6. The van der Waals surface area contributed by atoms with Gasteiger partial charge >= 0.3 is 6.03 Å². The number of urea groups is 1. The van der Waals surface area contributed by atoms with Gasteiger partial charge in [-0.25, -0.2) is 4.79 Å². The molecule has 1 aromatic rings. The van der Waals surface area contributed by atoms with Crippen LogP contribution in [0.2, 0.25) is 0 Å². The van der Waals surface area contributed by atoms with Crippen molar-refractivity contribution in [2.45, 2.75) is 12.8 Å². The maximum atomic E-state index is 11.5. The van der Waals surface area contributed by atoms with Crippen LogP contribution in [0.4, 0.5) is 10.5 Å². The number of guanidine groups is 1. The van der Waals surface area contributed by atoms with Crippen LogP contribution in [-0.2, 0) is 0 Å². The number of nitrogens with one attached hydrogen (secondary N) is 3. The summed E-state index contributed by atoms with van der Waals surface area (Å²) in [5, 5.41) is 13.1. The average molecular weight is 343 g/mol. The summed E-state index contributed by atoms with van der Waals surface area (Å²) < 4.78 is 10.6. The van der Waals surface area contributed by atoms with Crippen molar-refractivity contribution >= 4 is 30.1 Å². The third-order valence-electron chi connectivity index (χ3n) is 3.54. The van der Waals surface area contributed by atoms with Gasteiger partial charge in [0, 0.05) is 19.7 Å². The largest absolute Gasteiger partial charge is 0.497 e. The lowest BCUT2D eigenvalue weighted by atomic mass is 10.2. The lowest BCUT2D eigenvalue weighted by Crippen LogP contribution is -2.47. The highest BCUT2D eigenvalue weighted by Crippen LogP contribution is 2.36. The van der Waals surface area contributed by atoms with E-state index < -0.39 is 6.03 Å². The van der Waals surface area contributed by atoms with Gasteiger partial charge in [-0.05, 0) is 30.9 Å². The number of carbonyl (C=O) groups excluding carboxylic acids is 1. The first kappa shape index (κ1) is 18.9. The van der Waals surface area contributed by atoms with Crippen molar-refractivity contribution in [3.05, 3.63) is 18.2 Å². The van der Waals surface area contributed by atoms with E-state index >= 15 is 0 Å². The molecule has 0 heterocycles. The minimum atomic E-state index is -0.418. The molecule has 8 heteroatoms. The van der Waals surface area contributed by atoms with Gasteiger partial charge in [0.15, 0.2) is 0 Å². The standard InChI is InChI=1S/C15H22N4O3.ClH/c1-17-15(20)18-14(16)19(9-10-4-5-10)12-7-6-11(21-2)8-13(12)22-3;/h6-8,10H,4-5,9H2,1-3H3,(H3,16,17,18,20);1H. The number of halogens is 1. The normalized spacial score (nSPS) is 12.7. The van der Waals surface area contributed by atoms with Gasteiger partial charge in [-0.1, -0.05) is 0 Å². The molecule has 0 radical (unpaired) electrons. The highest BCUT2D eigenvalue weighted by Gasteiger charge is 2.28. The van der Waals surface area contributed by atoms with Gasteiger partial charge in [0.1, 0.15) is 11.5 Å². The second-order valence-electron chi connectivity index (χ2n) is 5.14. The molecule has 0 aliphatic heterocycles. The number of nitrogens with zero attached hydrogens (tertiary/aromatic N) is 1. The van der Waals surface area contributed by atoms with Crippen LogP contribution in [0.15, 0.2) is 18.2 Å². The first-order valence-corrected chi connectivity index (χ1v) is 7.16. The van der Waals surface area contributed by atoms with Gasteiger partial charge in [-0.2, -0.15) is 0 Å². The number of hydrogen-bond donors (Lipinski definition) is 3. The molecule has 0 atom stereocenters. The van der Waals surface area contributed by atoms with Crippen molar-refractivity contribution in [3.63, 3.8) is 0 Å². The molecule has 2 amide bonds. The van der Waals surface area contributed by atoms with Crippen LogP contribution < -0.4 is 25.0 Å². The number of amides is 2. The van der Waals surface area contributed by atoms with Gasteiger partial charge < -0.3 is 19.7 Å². The number of ether oxygens (including phenoxy) is 2. The maximum Gasteiger partial charge on any atom is 0.321 e. The monoisotopic (exact) mass is 342 g/mol. The van der Waals surface area contributed by atoms with E-state index in [4.69, 9.17) is 14.9 Å². The Balaban J connectivity index is 0.00000264. The molecule has 0 saturated heterocycles. The van der Waals surface area contributed by atoms with Gasteiger partial charge in [0.25, 0.3) is 0 Å². The molecule has 7 nitrogen and oxygen atoms in total. The van der Waals surface area contributed by atoms with Crippen LogP contribution in [0.3, 0.4) is 0 Å². The molecule has 1 aliphatic carbocycles. The number of anilines is 1. The zero-order valence-corrected chi connectivity index (χ0v) is 14.3. The number of methoxy groups -OCH3 is 2. The minimum absolute atomic E-state index is 0. The summed E-state index contributed by atoms with van der Waals surface area (Å²) in [5.41, 5.74) is 0.733. The van der Waals surface area contributed by atoms with Crippen LogP contribution in [0.5, 0.6) is 11.5 Å². The van der Waals surface area contributed by atoms with Crippen LogP contribution in [0.1, 0.15) is 12.8 Å². The summed E-state index contributed by atoms with van der Waals surface area (Å²) in [5.74, 6) is 1.84. The molecule has 0 aromatic heterocycles. The molecule has 23 heavy (non-hydrogen) atoms. The quantitative estimate of drug-likeness (QED) is 0.565. The Morgan fingerprint density at radius 1 is 1.35 bits per heavy atom. The van der Waals surface area contributed by atoms with Crippen molar-refractivity contribution in [1.29, 1.82) is 5.41 Å². The Bertz CT molecular complexity index is 564. The van der Waals surface area contributed by atoms with Gasteiger partial charge in [0.05, 0.1) is 19.9 Å². The third kappa shape index (κ3) is 4.92. The van der Waals surface area contributed by atoms with Crippen molar-refractivity contribution in [1.82, 2.24) is 10.6 Å². The molecular weight excluding hydrogens is 320 g/mol. The number of hydrogen-bond acceptors (Lipinski definition) is 4. The lowest BCUT2D eigenvalue weighted by Gasteiger charge is -2.27. The Morgan fingerprint density at radius 2 is 2.04 bits per heavy atom. The predicted octanol–water partition coefficient (Wildman–Crippen LogP) is 2.21. The summed E-state index contributed by atoms with van der Waals surface area (Å²) in [6.07, 6.45) is 2.28. The molecule has 128 valence electrons. The van der Waals surface area contributed by atoms with Crippen molar-refractivity contribution in [3.8, 4) is 11.5 Å². The van der Waals surface area contributed by atoms with E-state index in [0.717, 1.165) is 18.5 Å². The smallest absolute Gasteiger partial charge is 0.321 e. The number of benzene rings is 1. The Morgan fingerprint density at radius 3 is 2.57 bits per heavy atom. The van der Waals surface area contributed by atoms with E-state index in [9.17, 15) is 4.79 Å². The summed E-state index contributed by atoms with van der Waals surface area (Å²) in [7, 11) is 4.68. The van der Waals surface area contributed by atoms with Crippen molar-refractivity contribution < 1.29 is 14.3 Å². The second kappa shape index (κ2) is 8.47. The first-order valence-electron chi connectivity index (χ1n) is 7.16. The molecule has 1 aromatic carbocycles. The lowest BCUT2D eigenvalue weighted by molar-refractivity contribution is 0.247. The zero-order chi connectivity index (χ0) is 16.1. The third-order valence-corrected chi connectivity index (χ3v) is 3.54. The Kier molecular flexibility index (Phi) is 6.96. The molecule has 0 unspecified atom stereocenters. The van der Waals surface area contributed by atoms with Crippen LogP contribution in [0.25, 0.3) is 0 Å².